The Labute approximate surface area is 108 Å². The predicted molar refractivity (Wildman–Crippen MR) is 66.5 cm³/mol. The average Bonchev–Trinajstić information content (AvgIpc) is 2.73. The summed E-state index contributed by atoms with van der Waals surface area (Å²) in [6.07, 6.45) is 1.56. The van der Waals surface area contributed by atoms with Gasteiger partial charge in [0, 0.05) is 26.2 Å². The Morgan fingerprint density at radius 3 is 2.94 bits per heavy atom. The van der Waals surface area contributed by atoms with Gasteiger partial charge < -0.3 is 9.64 Å². The molecule has 7 heteroatoms. The summed E-state index contributed by atoms with van der Waals surface area (Å²) in [5.41, 5.74) is 0. The van der Waals surface area contributed by atoms with Gasteiger partial charge in [0.15, 0.2) is 0 Å². The SMILES string of the molecule is CCC1OCCC1C(=O)N1CCNS(=O)(=O)CC1. The van der Waals surface area contributed by atoms with Crippen molar-refractivity contribution in [3.8, 4) is 0 Å². The summed E-state index contributed by atoms with van der Waals surface area (Å²) in [5, 5.41) is 0. The summed E-state index contributed by atoms with van der Waals surface area (Å²) >= 11 is 0. The first-order valence-corrected chi connectivity index (χ1v) is 8.06. The second-order valence-corrected chi connectivity index (χ2v) is 6.68. The monoisotopic (exact) mass is 276 g/mol. The van der Waals surface area contributed by atoms with E-state index in [4.69, 9.17) is 4.74 Å². The van der Waals surface area contributed by atoms with Crippen molar-refractivity contribution in [1.29, 1.82) is 0 Å². The quantitative estimate of drug-likeness (QED) is 0.742. The van der Waals surface area contributed by atoms with Crippen molar-refractivity contribution in [3.63, 3.8) is 0 Å². The molecule has 0 saturated carbocycles. The standard InChI is InChI=1S/C11H20N2O4S/c1-2-10-9(3-7-17-10)11(14)13-5-4-12-18(15,16)8-6-13/h9-10,12H,2-8H2,1H3. The first-order valence-electron chi connectivity index (χ1n) is 6.41. The van der Waals surface area contributed by atoms with Gasteiger partial charge >= 0.3 is 0 Å². The Morgan fingerprint density at radius 2 is 2.22 bits per heavy atom. The van der Waals surface area contributed by atoms with Crippen LogP contribution in [0.3, 0.4) is 0 Å². The van der Waals surface area contributed by atoms with Crippen molar-refractivity contribution in [2.45, 2.75) is 25.9 Å². The van der Waals surface area contributed by atoms with Gasteiger partial charge in [-0.3, -0.25) is 4.79 Å². The zero-order valence-electron chi connectivity index (χ0n) is 10.6. The van der Waals surface area contributed by atoms with E-state index in [-0.39, 0.29) is 30.2 Å². The van der Waals surface area contributed by atoms with Gasteiger partial charge in [-0.15, -0.1) is 0 Å². The molecule has 2 aliphatic heterocycles. The summed E-state index contributed by atoms with van der Waals surface area (Å²) in [4.78, 5) is 14.0. The van der Waals surface area contributed by atoms with Gasteiger partial charge in [-0.2, -0.15) is 0 Å². The maximum absolute atomic E-state index is 12.4. The minimum atomic E-state index is -3.20. The van der Waals surface area contributed by atoms with E-state index in [0.717, 1.165) is 12.8 Å². The topological polar surface area (TPSA) is 75.7 Å². The molecule has 2 aliphatic rings. The number of hydrogen-bond donors (Lipinski definition) is 1. The van der Waals surface area contributed by atoms with Crippen molar-refractivity contribution in [2.24, 2.45) is 5.92 Å². The molecule has 0 bridgehead atoms. The van der Waals surface area contributed by atoms with Crippen LogP contribution in [0.4, 0.5) is 0 Å². The number of ether oxygens (including phenoxy) is 1. The predicted octanol–water partition coefficient (Wildman–Crippen LogP) is -0.437. The van der Waals surface area contributed by atoms with Crippen LogP contribution in [0.5, 0.6) is 0 Å². The Hall–Kier alpha value is -0.660. The number of sulfonamides is 1. The molecule has 0 aromatic heterocycles. The third kappa shape index (κ3) is 3.02. The van der Waals surface area contributed by atoms with Gasteiger partial charge in [0.25, 0.3) is 0 Å². The van der Waals surface area contributed by atoms with Crippen molar-refractivity contribution in [3.05, 3.63) is 0 Å². The van der Waals surface area contributed by atoms with Crippen molar-refractivity contribution in [2.75, 3.05) is 32.0 Å². The highest BCUT2D eigenvalue weighted by atomic mass is 32.2. The summed E-state index contributed by atoms with van der Waals surface area (Å²) < 4.78 is 30.8. The number of carbonyl (C=O) groups is 1. The van der Waals surface area contributed by atoms with Gasteiger partial charge in [-0.25, -0.2) is 13.1 Å². The molecule has 2 unspecified atom stereocenters. The molecule has 2 heterocycles. The fourth-order valence-corrected chi connectivity index (χ4v) is 3.55. The highest BCUT2D eigenvalue weighted by molar-refractivity contribution is 7.89. The maximum Gasteiger partial charge on any atom is 0.228 e. The number of nitrogens with zero attached hydrogens (tertiary/aromatic N) is 1. The summed E-state index contributed by atoms with van der Waals surface area (Å²) in [5.74, 6) is -0.0719. The Balaban J connectivity index is 2.00. The molecule has 0 aromatic rings. The van der Waals surface area contributed by atoms with E-state index >= 15 is 0 Å². The van der Waals surface area contributed by atoms with Crippen LogP contribution in [0.1, 0.15) is 19.8 Å². The van der Waals surface area contributed by atoms with Crippen LogP contribution in [0.25, 0.3) is 0 Å². The van der Waals surface area contributed by atoms with Gasteiger partial charge in [0.05, 0.1) is 17.8 Å². The van der Waals surface area contributed by atoms with E-state index in [1.165, 1.54) is 0 Å². The fraction of sp³-hybridized carbons (Fsp3) is 0.909. The third-order valence-corrected chi connectivity index (χ3v) is 4.94. The molecule has 104 valence electrons. The smallest absolute Gasteiger partial charge is 0.228 e. The van der Waals surface area contributed by atoms with Crippen LogP contribution in [0.2, 0.25) is 0 Å². The van der Waals surface area contributed by atoms with Crippen molar-refractivity contribution < 1.29 is 17.9 Å². The van der Waals surface area contributed by atoms with E-state index < -0.39 is 10.0 Å². The Kier molecular flexibility index (Phi) is 4.24. The Morgan fingerprint density at radius 1 is 1.44 bits per heavy atom. The van der Waals surface area contributed by atoms with Crippen molar-refractivity contribution in [1.82, 2.24) is 9.62 Å². The maximum atomic E-state index is 12.4. The molecule has 2 rings (SSSR count). The van der Waals surface area contributed by atoms with Crippen molar-refractivity contribution >= 4 is 15.9 Å². The summed E-state index contributed by atoms with van der Waals surface area (Å²) in [6, 6.07) is 0. The second kappa shape index (κ2) is 5.54. The van der Waals surface area contributed by atoms with Gasteiger partial charge in [-0.1, -0.05) is 6.92 Å². The fourth-order valence-electron chi connectivity index (χ4n) is 2.54. The molecule has 0 spiro atoms. The van der Waals surface area contributed by atoms with Crippen LogP contribution in [-0.4, -0.2) is 57.3 Å². The summed E-state index contributed by atoms with van der Waals surface area (Å²) in [7, 11) is -3.20. The molecule has 1 N–H and O–H groups in total. The van der Waals surface area contributed by atoms with Crippen LogP contribution >= 0.6 is 0 Å². The van der Waals surface area contributed by atoms with Gasteiger partial charge in [-0.05, 0) is 12.8 Å². The van der Waals surface area contributed by atoms with Crippen LogP contribution in [0.15, 0.2) is 0 Å². The first-order chi connectivity index (χ1) is 8.53. The number of amides is 1. The number of carbonyl (C=O) groups excluding carboxylic acids is 1. The second-order valence-electron chi connectivity index (χ2n) is 4.75. The van der Waals surface area contributed by atoms with E-state index in [9.17, 15) is 13.2 Å². The third-order valence-electron chi connectivity index (χ3n) is 3.57. The van der Waals surface area contributed by atoms with Gasteiger partial charge in [0.2, 0.25) is 15.9 Å². The molecule has 0 aliphatic carbocycles. The normalized spacial score (nSPS) is 32.2. The zero-order valence-corrected chi connectivity index (χ0v) is 11.4. The first kappa shape index (κ1) is 13.8. The molecule has 2 fully saturated rings. The number of hydrogen-bond acceptors (Lipinski definition) is 4. The molecule has 18 heavy (non-hydrogen) atoms. The lowest BCUT2D eigenvalue weighted by Gasteiger charge is -2.25. The molecule has 0 radical (unpaired) electrons. The molecular weight excluding hydrogens is 256 g/mol. The molecule has 2 saturated heterocycles. The van der Waals surface area contributed by atoms with E-state index in [1.54, 1.807) is 4.90 Å². The lowest BCUT2D eigenvalue weighted by molar-refractivity contribution is -0.136. The largest absolute Gasteiger partial charge is 0.377 e. The number of nitrogens with one attached hydrogen (secondary N) is 1. The minimum absolute atomic E-state index is 0.00896. The molecule has 1 amide bonds. The average molecular weight is 276 g/mol. The van der Waals surface area contributed by atoms with E-state index in [1.807, 2.05) is 6.92 Å². The Bertz CT molecular complexity index is 409. The zero-order chi connectivity index (χ0) is 13.2. The van der Waals surface area contributed by atoms with Crippen LogP contribution in [-0.2, 0) is 19.6 Å². The minimum Gasteiger partial charge on any atom is -0.377 e. The highest BCUT2D eigenvalue weighted by Crippen LogP contribution is 2.25. The summed E-state index contributed by atoms with van der Waals surface area (Å²) in [6.45, 7) is 3.66. The van der Waals surface area contributed by atoms with Crippen LogP contribution < -0.4 is 4.72 Å². The lowest BCUT2D eigenvalue weighted by Crippen LogP contribution is -2.41. The molecule has 6 nitrogen and oxygen atoms in total. The molecule has 2 atom stereocenters. The van der Waals surface area contributed by atoms with Gasteiger partial charge in [0.1, 0.15) is 0 Å². The number of rotatable bonds is 2. The van der Waals surface area contributed by atoms with E-state index in [2.05, 4.69) is 4.72 Å². The highest BCUT2D eigenvalue weighted by Gasteiger charge is 2.36. The lowest BCUT2D eigenvalue weighted by atomic mass is 9.98. The molecule has 0 aromatic carbocycles. The molecular formula is C11H20N2O4S. The van der Waals surface area contributed by atoms with Crippen LogP contribution in [0, 0.1) is 5.92 Å². The van der Waals surface area contributed by atoms with E-state index in [0.29, 0.717) is 19.7 Å².